The number of nitrogens with one attached hydrogen (secondary N) is 1. The van der Waals surface area contributed by atoms with E-state index in [0.29, 0.717) is 0 Å². The molecule has 106 valence electrons. The van der Waals surface area contributed by atoms with Crippen LogP contribution in [0.5, 0.6) is 0 Å². The number of alkyl halides is 3. The van der Waals surface area contributed by atoms with Crippen LogP contribution in [0.1, 0.15) is 6.42 Å². The van der Waals surface area contributed by atoms with Gasteiger partial charge in [0.05, 0.1) is 18.7 Å². The van der Waals surface area contributed by atoms with Crippen molar-refractivity contribution in [2.24, 2.45) is 0 Å². The molecule has 0 atom stereocenters. The first-order valence-corrected chi connectivity index (χ1v) is 5.55. The van der Waals surface area contributed by atoms with E-state index in [9.17, 15) is 22.4 Å². The van der Waals surface area contributed by atoms with Crippen LogP contribution in [0, 0.1) is 5.82 Å². The number of anilines is 1. The zero-order chi connectivity index (χ0) is 14.5. The molecule has 1 rings (SSSR count). The van der Waals surface area contributed by atoms with Gasteiger partial charge in [0.15, 0.2) is 0 Å². The van der Waals surface area contributed by atoms with Crippen LogP contribution in [-0.2, 0) is 9.53 Å². The molecule has 1 N–H and O–H groups in total. The van der Waals surface area contributed by atoms with Gasteiger partial charge in [-0.1, -0.05) is 11.6 Å². The molecule has 0 bridgehead atoms. The Labute approximate surface area is 111 Å². The van der Waals surface area contributed by atoms with Gasteiger partial charge in [-0.3, -0.25) is 4.79 Å². The molecule has 8 heteroatoms. The number of halogens is 5. The Morgan fingerprint density at radius 3 is 2.63 bits per heavy atom. The molecule has 0 fully saturated rings. The van der Waals surface area contributed by atoms with E-state index in [4.69, 9.17) is 11.6 Å². The van der Waals surface area contributed by atoms with E-state index in [1.807, 2.05) is 0 Å². The van der Waals surface area contributed by atoms with E-state index in [1.165, 1.54) is 12.1 Å². The second-order valence-corrected chi connectivity index (χ2v) is 4.03. The minimum Gasteiger partial charge on any atom is -0.372 e. The molecule has 0 unspecified atom stereocenters. The molecule has 0 aliphatic heterocycles. The Hall–Kier alpha value is -1.34. The van der Waals surface area contributed by atoms with Crippen molar-refractivity contribution in [3.63, 3.8) is 0 Å². The molecule has 0 aliphatic rings. The Morgan fingerprint density at radius 2 is 2.05 bits per heavy atom. The topological polar surface area (TPSA) is 38.3 Å². The van der Waals surface area contributed by atoms with Crippen LogP contribution in [0.4, 0.5) is 23.2 Å². The van der Waals surface area contributed by atoms with Crippen LogP contribution in [0.3, 0.4) is 0 Å². The lowest BCUT2D eigenvalue weighted by Gasteiger charge is -2.08. The van der Waals surface area contributed by atoms with Gasteiger partial charge in [0.2, 0.25) is 5.91 Å². The first-order chi connectivity index (χ1) is 8.78. The van der Waals surface area contributed by atoms with Crippen molar-refractivity contribution >= 4 is 23.2 Å². The summed E-state index contributed by atoms with van der Waals surface area (Å²) in [6.45, 7) is -1.82. The van der Waals surface area contributed by atoms with Crippen molar-refractivity contribution in [1.29, 1.82) is 0 Å². The Morgan fingerprint density at radius 1 is 1.37 bits per heavy atom. The average Bonchev–Trinajstić information content (AvgIpc) is 2.27. The van der Waals surface area contributed by atoms with E-state index in [2.05, 4.69) is 10.1 Å². The monoisotopic (exact) mass is 299 g/mol. The fraction of sp³-hybridized carbons (Fsp3) is 0.364. The Kier molecular flexibility index (Phi) is 5.56. The van der Waals surface area contributed by atoms with Gasteiger partial charge < -0.3 is 10.1 Å². The second kappa shape index (κ2) is 6.72. The van der Waals surface area contributed by atoms with Gasteiger partial charge in [0.25, 0.3) is 0 Å². The normalized spacial score (nSPS) is 11.4. The summed E-state index contributed by atoms with van der Waals surface area (Å²) >= 11 is 5.52. The van der Waals surface area contributed by atoms with Crippen LogP contribution in [0.25, 0.3) is 0 Å². The smallest absolute Gasteiger partial charge is 0.372 e. The molecular formula is C11H10ClF4NO2. The van der Waals surface area contributed by atoms with Crippen LogP contribution in [0.2, 0.25) is 5.02 Å². The molecule has 0 spiro atoms. The fourth-order valence-corrected chi connectivity index (χ4v) is 1.32. The van der Waals surface area contributed by atoms with E-state index in [1.54, 1.807) is 0 Å². The highest BCUT2D eigenvalue weighted by Gasteiger charge is 2.27. The van der Waals surface area contributed by atoms with Crippen molar-refractivity contribution in [2.45, 2.75) is 12.6 Å². The molecule has 1 amide bonds. The van der Waals surface area contributed by atoms with E-state index in [0.717, 1.165) is 6.07 Å². The summed E-state index contributed by atoms with van der Waals surface area (Å²) in [7, 11) is 0. The second-order valence-electron chi connectivity index (χ2n) is 3.59. The maximum absolute atomic E-state index is 13.3. The third-order valence-electron chi connectivity index (χ3n) is 1.94. The standard InChI is InChI=1S/C11H10ClF4NO2/c12-7-1-2-9(8(13)5-7)17-10(18)3-4-19-6-11(14,15)16/h1-2,5H,3-4,6H2,(H,17,18). The van der Waals surface area contributed by atoms with Crippen LogP contribution >= 0.6 is 11.6 Å². The number of carbonyl (C=O) groups is 1. The summed E-state index contributed by atoms with van der Waals surface area (Å²) in [6, 6.07) is 3.64. The number of hydrogen-bond donors (Lipinski definition) is 1. The summed E-state index contributed by atoms with van der Waals surface area (Å²) in [5.74, 6) is -1.37. The molecule has 0 radical (unpaired) electrons. The van der Waals surface area contributed by atoms with E-state index < -0.39 is 31.1 Å². The van der Waals surface area contributed by atoms with Crippen molar-refractivity contribution in [3.05, 3.63) is 29.0 Å². The summed E-state index contributed by atoms with van der Waals surface area (Å²) in [5.41, 5.74) is -0.0924. The molecule has 19 heavy (non-hydrogen) atoms. The highest BCUT2D eigenvalue weighted by atomic mass is 35.5. The predicted molar refractivity (Wildman–Crippen MR) is 61.5 cm³/mol. The van der Waals surface area contributed by atoms with Gasteiger partial charge >= 0.3 is 6.18 Å². The summed E-state index contributed by atoms with van der Waals surface area (Å²) < 4.78 is 52.7. The molecule has 0 saturated heterocycles. The van der Waals surface area contributed by atoms with Crippen molar-refractivity contribution in [3.8, 4) is 0 Å². The quantitative estimate of drug-likeness (QED) is 0.668. The largest absolute Gasteiger partial charge is 0.411 e. The third-order valence-corrected chi connectivity index (χ3v) is 2.18. The van der Waals surface area contributed by atoms with Crippen LogP contribution < -0.4 is 5.32 Å². The molecular weight excluding hydrogens is 290 g/mol. The SMILES string of the molecule is O=C(CCOCC(F)(F)F)Nc1ccc(Cl)cc1F. The van der Waals surface area contributed by atoms with Gasteiger partial charge in [-0.25, -0.2) is 4.39 Å². The number of hydrogen-bond acceptors (Lipinski definition) is 2. The highest BCUT2D eigenvalue weighted by molar-refractivity contribution is 6.30. The highest BCUT2D eigenvalue weighted by Crippen LogP contribution is 2.19. The lowest BCUT2D eigenvalue weighted by Crippen LogP contribution is -2.20. The van der Waals surface area contributed by atoms with Gasteiger partial charge in [0, 0.05) is 5.02 Å². The van der Waals surface area contributed by atoms with Gasteiger partial charge in [0.1, 0.15) is 12.4 Å². The summed E-state index contributed by atoms with van der Waals surface area (Å²) in [5, 5.41) is 2.37. The zero-order valence-corrected chi connectivity index (χ0v) is 10.3. The fourth-order valence-electron chi connectivity index (χ4n) is 1.16. The molecule has 0 aromatic heterocycles. The first kappa shape index (κ1) is 15.7. The molecule has 0 aliphatic carbocycles. The lowest BCUT2D eigenvalue weighted by atomic mass is 10.3. The molecule has 0 heterocycles. The van der Waals surface area contributed by atoms with Crippen molar-refractivity contribution in [1.82, 2.24) is 0 Å². The van der Waals surface area contributed by atoms with E-state index in [-0.39, 0.29) is 17.1 Å². The predicted octanol–water partition coefficient (Wildman–Crippen LogP) is 3.39. The first-order valence-electron chi connectivity index (χ1n) is 5.17. The summed E-state index contributed by atoms with van der Waals surface area (Å²) in [6.07, 6.45) is -4.74. The van der Waals surface area contributed by atoms with Gasteiger partial charge in [-0.15, -0.1) is 0 Å². The number of rotatable bonds is 5. The summed E-state index contributed by atoms with van der Waals surface area (Å²) in [4.78, 5) is 11.3. The number of amides is 1. The number of ether oxygens (including phenoxy) is 1. The molecule has 0 saturated carbocycles. The maximum Gasteiger partial charge on any atom is 0.411 e. The molecule has 3 nitrogen and oxygen atoms in total. The van der Waals surface area contributed by atoms with Crippen LogP contribution in [0.15, 0.2) is 18.2 Å². The number of carbonyl (C=O) groups excluding carboxylic acids is 1. The van der Waals surface area contributed by atoms with E-state index >= 15 is 0 Å². The lowest BCUT2D eigenvalue weighted by molar-refractivity contribution is -0.174. The van der Waals surface area contributed by atoms with Crippen LogP contribution in [-0.4, -0.2) is 25.3 Å². The zero-order valence-electron chi connectivity index (χ0n) is 9.56. The van der Waals surface area contributed by atoms with Crippen molar-refractivity contribution in [2.75, 3.05) is 18.5 Å². The maximum atomic E-state index is 13.3. The van der Waals surface area contributed by atoms with Crippen molar-refractivity contribution < 1.29 is 27.1 Å². The third kappa shape index (κ3) is 6.40. The molecule has 1 aromatic rings. The number of benzene rings is 1. The van der Waals surface area contributed by atoms with Gasteiger partial charge in [-0.2, -0.15) is 13.2 Å². The minimum absolute atomic E-state index is 0.0924. The van der Waals surface area contributed by atoms with Gasteiger partial charge in [-0.05, 0) is 18.2 Å². The molecule has 1 aromatic carbocycles. The Bertz CT molecular complexity index is 451. The minimum atomic E-state index is -4.43. The average molecular weight is 300 g/mol. The Balaban J connectivity index is 2.35.